The molecular formula is C14H15BrN4O. The Bertz CT molecular complexity index is 613. The normalized spacial score (nSPS) is 10.2. The highest BCUT2D eigenvalue weighted by Crippen LogP contribution is 2.17. The molecule has 0 saturated heterocycles. The van der Waals surface area contributed by atoms with Gasteiger partial charge in [-0.3, -0.25) is 4.79 Å². The third-order valence-electron chi connectivity index (χ3n) is 2.65. The number of amides is 1. The number of pyridine rings is 2. The van der Waals surface area contributed by atoms with Crippen molar-refractivity contribution < 1.29 is 4.79 Å². The maximum Gasteiger partial charge on any atom is 0.275 e. The summed E-state index contributed by atoms with van der Waals surface area (Å²) in [7, 11) is 0. The first-order valence-electron chi connectivity index (χ1n) is 6.23. The molecule has 5 nitrogen and oxygen atoms in total. The lowest BCUT2D eigenvalue weighted by atomic mass is 10.2. The molecule has 0 atom stereocenters. The summed E-state index contributed by atoms with van der Waals surface area (Å²) in [6.45, 7) is 4.70. The zero-order valence-corrected chi connectivity index (χ0v) is 12.9. The fourth-order valence-corrected chi connectivity index (χ4v) is 2.13. The molecule has 0 fully saturated rings. The fourth-order valence-electron chi connectivity index (χ4n) is 1.68. The SMILES string of the molecule is CCNc1ccc(C(=O)Nc2ncc(Br)cc2C)nc1. The highest BCUT2D eigenvalue weighted by molar-refractivity contribution is 9.10. The number of hydrogen-bond donors (Lipinski definition) is 2. The molecule has 2 aromatic rings. The number of carbonyl (C=O) groups excluding carboxylic acids is 1. The molecule has 20 heavy (non-hydrogen) atoms. The lowest BCUT2D eigenvalue weighted by Crippen LogP contribution is -2.15. The van der Waals surface area contributed by atoms with Gasteiger partial charge in [0.15, 0.2) is 0 Å². The quantitative estimate of drug-likeness (QED) is 0.900. The van der Waals surface area contributed by atoms with Crippen LogP contribution in [0.1, 0.15) is 23.0 Å². The lowest BCUT2D eigenvalue weighted by molar-refractivity contribution is 0.102. The monoisotopic (exact) mass is 334 g/mol. The van der Waals surface area contributed by atoms with Crippen LogP contribution in [0.5, 0.6) is 0 Å². The van der Waals surface area contributed by atoms with Crippen LogP contribution < -0.4 is 10.6 Å². The van der Waals surface area contributed by atoms with E-state index >= 15 is 0 Å². The molecule has 0 aliphatic rings. The van der Waals surface area contributed by atoms with Crippen molar-refractivity contribution in [2.24, 2.45) is 0 Å². The Morgan fingerprint density at radius 2 is 2.10 bits per heavy atom. The molecule has 0 unspecified atom stereocenters. The van der Waals surface area contributed by atoms with Crippen molar-refractivity contribution >= 4 is 33.3 Å². The molecular weight excluding hydrogens is 320 g/mol. The summed E-state index contributed by atoms with van der Waals surface area (Å²) in [6, 6.07) is 5.40. The predicted octanol–water partition coefficient (Wildman–Crippen LogP) is 3.23. The van der Waals surface area contributed by atoms with Crippen LogP contribution in [-0.2, 0) is 0 Å². The van der Waals surface area contributed by atoms with E-state index in [1.54, 1.807) is 18.5 Å². The van der Waals surface area contributed by atoms with Gasteiger partial charge in [0, 0.05) is 17.2 Å². The number of nitrogens with one attached hydrogen (secondary N) is 2. The second-order valence-corrected chi connectivity index (χ2v) is 5.15. The second-order valence-electron chi connectivity index (χ2n) is 4.24. The van der Waals surface area contributed by atoms with Crippen LogP contribution in [0.25, 0.3) is 0 Å². The van der Waals surface area contributed by atoms with Gasteiger partial charge in [-0.1, -0.05) is 0 Å². The molecule has 2 aromatic heterocycles. The van der Waals surface area contributed by atoms with Crippen molar-refractivity contribution in [3.63, 3.8) is 0 Å². The van der Waals surface area contributed by atoms with Gasteiger partial charge in [0.25, 0.3) is 5.91 Å². The van der Waals surface area contributed by atoms with Crippen LogP contribution in [0.15, 0.2) is 35.1 Å². The third-order valence-corrected chi connectivity index (χ3v) is 3.09. The molecule has 0 aliphatic heterocycles. The van der Waals surface area contributed by atoms with E-state index in [4.69, 9.17) is 0 Å². The van der Waals surface area contributed by atoms with E-state index in [0.29, 0.717) is 11.5 Å². The van der Waals surface area contributed by atoms with Gasteiger partial charge < -0.3 is 10.6 Å². The summed E-state index contributed by atoms with van der Waals surface area (Å²) in [5.74, 6) is 0.265. The van der Waals surface area contributed by atoms with Gasteiger partial charge in [-0.15, -0.1) is 0 Å². The fraction of sp³-hybridized carbons (Fsp3) is 0.214. The predicted molar refractivity (Wildman–Crippen MR) is 83.0 cm³/mol. The standard InChI is InChI=1S/C14H15BrN4O/c1-3-16-11-4-5-12(17-8-11)14(20)19-13-9(2)6-10(15)7-18-13/h4-8,16H,3H2,1-2H3,(H,18,19,20). The summed E-state index contributed by atoms with van der Waals surface area (Å²) in [5, 5.41) is 5.88. The van der Waals surface area contributed by atoms with Gasteiger partial charge >= 0.3 is 0 Å². The van der Waals surface area contributed by atoms with Gasteiger partial charge in [-0.05, 0) is 53.5 Å². The molecule has 2 rings (SSSR count). The maximum atomic E-state index is 12.1. The van der Waals surface area contributed by atoms with E-state index in [-0.39, 0.29) is 5.91 Å². The van der Waals surface area contributed by atoms with Gasteiger partial charge in [-0.2, -0.15) is 0 Å². The van der Waals surface area contributed by atoms with Crippen molar-refractivity contribution in [3.8, 4) is 0 Å². The molecule has 6 heteroatoms. The van der Waals surface area contributed by atoms with E-state index in [2.05, 4.69) is 36.5 Å². The van der Waals surface area contributed by atoms with Crippen molar-refractivity contribution in [1.82, 2.24) is 9.97 Å². The van der Waals surface area contributed by atoms with Crippen LogP contribution in [0, 0.1) is 6.92 Å². The molecule has 2 N–H and O–H groups in total. The summed E-state index contributed by atoms with van der Waals surface area (Å²) < 4.78 is 0.876. The first kappa shape index (κ1) is 14.5. The van der Waals surface area contributed by atoms with E-state index in [9.17, 15) is 4.79 Å². The van der Waals surface area contributed by atoms with E-state index in [0.717, 1.165) is 22.3 Å². The highest BCUT2D eigenvalue weighted by Gasteiger charge is 2.10. The molecule has 2 heterocycles. The molecule has 0 bridgehead atoms. The summed E-state index contributed by atoms with van der Waals surface area (Å²) in [6.07, 6.45) is 3.28. The summed E-state index contributed by atoms with van der Waals surface area (Å²) in [4.78, 5) is 20.4. The van der Waals surface area contributed by atoms with Crippen LogP contribution in [0.3, 0.4) is 0 Å². The van der Waals surface area contributed by atoms with Crippen LogP contribution >= 0.6 is 15.9 Å². The van der Waals surface area contributed by atoms with Gasteiger partial charge in [-0.25, -0.2) is 9.97 Å². The van der Waals surface area contributed by atoms with Gasteiger partial charge in [0.1, 0.15) is 11.5 Å². The van der Waals surface area contributed by atoms with Crippen LogP contribution in [-0.4, -0.2) is 22.4 Å². The number of nitrogens with zero attached hydrogens (tertiary/aromatic N) is 2. The van der Waals surface area contributed by atoms with Gasteiger partial charge in [0.2, 0.25) is 0 Å². The minimum absolute atomic E-state index is 0.272. The number of carbonyl (C=O) groups is 1. The Hall–Kier alpha value is -1.95. The van der Waals surface area contributed by atoms with Gasteiger partial charge in [0.05, 0.1) is 11.9 Å². The minimum Gasteiger partial charge on any atom is -0.384 e. The first-order chi connectivity index (χ1) is 9.60. The largest absolute Gasteiger partial charge is 0.384 e. The Labute approximate surface area is 126 Å². The number of anilines is 2. The first-order valence-corrected chi connectivity index (χ1v) is 7.03. The minimum atomic E-state index is -0.272. The number of aryl methyl sites for hydroxylation is 1. The third kappa shape index (κ3) is 3.54. The van der Waals surface area contributed by atoms with Crippen LogP contribution in [0.2, 0.25) is 0 Å². The Kier molecular flexibility index (Phi) is 4.68. The molecule has 0 radical (unpaired) electrons. The van der Waals surface area contributed by atoms with Crippen molar-refractivity contribution in [2.75, 3.05) is 17.2 Å². The lowest BCUT2D eigenvalue weighted by Gasteiger charge is -2.08. The number of halogens is 1. The van der Waals surface area contributed by atoms with E-state index < -0.39 is 0 Å². The zero-order valence-electron chi connectivity index (χ0n) is 11.3. The molecule has 104 valence electrons. The molecule has 0 aliphatic carbocycles. The molecule has 0 saturated carbocycles. The topological polar surface area (TPSA) is 66.9 Å². The Morgan fingerprint density at radius 3 is 2.70 bits per heavy atom. The maximum absolute atomic E-state index is 12.1. The second kappa shape index (κ2) is 6.47. The highest BCUT2D eigenvalue weighted by atomic mass is 79.9. The van der Waals surface area contributed by atoms with Crippen molar-refractivity contribution in [1.29, 1.82) is 0 Å². The Balaban J connectivity index is 2.11. The molecule has 0 aromatic carbocycles. The molecule has 1 amide bonds. The van der Waals surface area contributed by atoms with E-state index in [1.807, 2.05) is 26.0 Å². The van der Waals surface area contributed by atoms with Crippen molar-refractivity contribution in [2.45, 2.75) is 13.8 Å². The number of rotatable bonds is 4. The average Bonchev–Trinajstić information content (AvgIpc) is 2.43. The Morgan fingerprint density at radius 1 is 1.30 bits per heavy atom. The summed E-state index contributed by atoms with van der Waals surface area (Å²) >= 11 is 3.34. The summed E-state index contributed by atoms with van der Waals surface area (Å²) in [5.41, 5.74) is 2.13. The smallest absolute Gasteiger partial charge is 0.275 e. The van der Waals surface area contributed by atoms with Crippen molar-refractivity contribution in [3.05, 3.63) is 46.3 Å². The number of hydrogen-bond acceptors (Lipinski definition) is 4. The molecule has 0 spiro atoms. The number of aromatic nitrogens is 2. The van der Waals surface area contributed by atoms with Crippen LogP contribution in [0.4, 0.5) is 11.5 Å². The zero-order chi connectivity index (χ0) is 14.5. The average molecular weight is 335 g/mol. The van der Waals surface area contributed by atoms with E-state index in [1.165, 1.54) is 0 Å².